The number of hydrogen-bond acceptors (Lipinski definition) is 3. The number of carbonyl (C=O) groups excluding carboxylic acids is 1. The van der Waals surface area contributed by atoms with Gasteiger partial charge in [0.05, 0.1) is 17.9 Å². The first kappa shape index (κ1) is 21.1. The summed E-state index contributed by atoms with van der Waals surface area (Å²) in [6, 6.07) is 8.11. The van der Waals surface area contributed by atoms with Gasteiger partial charge in [-0.05, 0) is 48.6 Å². The number of hydrogen-bond donors (Lipinski definition) is 1. The molecular formula is C23H28F2N2O2. The summed E-state index contributed by atoms with van der Waals surface area (Å²) in [5.74, 6) is -0.936. The summed E-state index contributed by atoms with van der Waals surface area (Å²) in [5.41, 5.74) is 2.16. The Kier molecular flexibility index (Phi) is 5.82. The van der Waals surface area contributed by atoms with E-state index in [1.807, 2.05) is 38.7 Å². The van der Waals surface area contributed by atoms with Gasteiger partial charge in [-0.25, -0.2) is 8.78 Å². The zero-order valence-electron chi connectivity index (χ0n) is 17.6. The Morgan fingerprint density at radius 2 is 1.90 bits per heavy atom. The highest BCUT2D eigenvalue weighted by molar-refractivity contribution is 5.93. The van der Waals surface area contributed by atoms with Gasteiger partial charge in [0.25, 0.3) is 0 Å². The predicted octanol–water partition coefficient (Wildman–Crippen LogP) is 5.44. The van der Waals surface area contributed by atoms with Crippen LogP contribution in [0.25, 0.3) is 0 Å². The highest BCUT2D eigenvalue weighted by Crippen LogP contribution is 2.42. The number of halogens is 2. The van der Waals surface area contributed by atoms with Gasteiger partial charge in [0.2, 0.25) is 5.91 Å². The molecule has 1 N–H and O–H groups in total. The standard InChI is InChI=1S/C23H28F2N2O2/c1-14-10-18-22(20(25)21(14)26-19(28)11-23(3,4)5)29-15(2)12-27(18)13-16-6-8-17(24)9-7-16/h6-10,15H,11-13H2,1-5H3,(H,26,28). The van der Waals surface area contributed by atoms with Crippen molar-refractivity contribution in [2.45, 2.75) is 53.7 Å². The molecule has 2 aromatic carbocycles. The maximum atomic E-state index is 15.3. The molecule has 0 aliphatic carbocycles. The molecule has 0 saturated carbocycles. The van der Waals surface area contributed by atoms with E-state index < -0.39 is 5.82 Å². The smallest absolute Gasteiger partial charge is 0.224 e. The number of fused-ring (bicyclic) bond motifs is 1. The molecule has 2 aromatic rings. The number of aryl methyl sites for hydroxylation is 1. The third kappa shape index (κ3) is 5.05. The van der Waals surface area contributed by atoms with Gasteiger partial charge in [-0.1, -0.05) is 32.9 Å². The van der Waals surface area contributed by atoms with Crippen LogP contribution < -0.4 is 15.0 Å². The molecule has 0 saturated heterocycles. The fourth-order valence-corrected chi connectivity index (χ4v) is 3.51. The first-order valence-corrected chi connectivity index (χ1v) is 9.82. The van der Waals surface area contributed by atoms with Crippen LogP contribution in [0.1, 0.15) is 45.2 Å². The van der Waals surface area contributed by atoms with Gasteiger partial charge in [-0.15, -0.1) is 0 Å². The lowest BCUT2D eigenvalue weighted by Crippen LogP contribution is -2.38. The van der Waals surface area contributed by atoms with Gasteiger partial charge in [0.15, 0.2) is 11.6 Å². The molecule has 156 valence electrons. The summed E-state index contributed by atoms with van der Waals surface area (Å²) < 4.78 is 34.3. The van der Waals surface area contributed by atoms with E-state index in [0.29, 0.717) is 24.3 Å². The van der Waals surface area contributed by atoms with Gasteiger partial charge in [-0.2, -0.15) is 0 Å². The van der Waals surface area contributed by atoms with Crippen molar-refractivity contribution in [3.8, 4) is 5.75 Å². The van der Waals surface area contributed by atoms with Crippen LogP contribution in [0.5, 0.6) is 5.75 Å². The first-order valence-electron chi connectivity index (χ1n) is 9.82. The van der Waals surface area contributed by atoms with Crippen molar-refractivity contribution in [1.29, 1.82) is 0 Å². The highest BCUT2D eigenvalue weighted by atomic mass is 19.1. The van der Waals surface area contributed by atoms with E-state index in [-0.39, 0.29) is 41.1 Å². The summed E-state index contributed by atoms with van der Waals surface area (Å²) in [7, 11) is 0. The Hall–Kier alpha value is -2.63. The van der Waals surface area contributed by atoms with Crippen molar-refractivity contribution in [2.24, 2.45) is 5.41 Å². The SMILES string of the molecule is Cc1cc2c(c(F)c1NC(=O)CC(C)(C)C)OC(C)CN2Cc1ccc(F)cc1. The molecule has 29 heavy (non-hydrogen) atoms. The monoisotopic (exact) mass is 402 g/mol. The number of rotatable bonds is 4. The normalized spacial score (nSPS) is 16.2. The van der Waals surface area contributed by atoms with E-state index in [1.165, 1.54) is 12.1 Å². The number of nitrogens with zero attached hydrogens (tertiary/aromatic N) is 1. The Bertz CT molecular complexity index is 905. The van der Waals surface area contributed by atoms with Gasteiger partial charge < -0.3 is 15.0 Å². The van der Waals surface area contributed by atoms with Crippen LogP contribution in [0.3, 0.4) is 0 Å². The summed E-state index contributed by atoms with van der Waals surface area (Å²) in [6.07, 6.45) is 0.0648. The molecule has 1 amide bonds. The average molecular weight is 402 g/mol. The molecule has 0 radical (unpaired) electrons. The number of carbonyl (C=O) groups is 1. The second-order valence-corrected chi connectivity index (χ2v) is 8.95. The van der Waals surface area contributed by atoms with E-state index in [1.54, 1.807) is 19.1 Å². The lowest BCUT2D eigenvalue weighted by molar-refractivity contribution is -0.117. The highest BCUT2D eigenvalue weighted by Gasteiger charge is 2.29. The van der Waals surface area contributed by atoms with Gasteiger partial charge in [0.1, 0.15) is 11.9 Å². The van der Waals surface area contributed by atoms with E-state index in [4.69, 9.17) is 4.74 Å². The molecule has 1 heterocycles. The van der Waals surface area contributed by atoms with Crippen molar-refractivity contribution in [1.82, 2.24) is 0 Å². The van der Waals surface area contributed by atoms with Gasteiger partial charge in [0, 0.05) is 13.0 Å². The maximum Gasteiger partial charge on any atom is 0.224 e. The first-order chi connectivity index (χ1) is 13.5. The lowest BCUT2D eigenvalue weighted by atomic mass is 9.92. The Morgan fingerprint density at radius 1 is 1.24 bits per heavy atom. The van der Waals surface area contributed by atoms with E-state index in [0.717, 1.165) is 5.56 Å². The molecule has 0 spiro atoms. The number of benzene rings is 2. The van der Waals surface area contributed by atoms with E-state index in [9.17, 15) is 9.18 Å². The predicted molar refractivity (Wildman–Crippen MR) is 111 cm³/mol. The summed E-state index contributed by atoms with van der Waals surface area (Å²) >= 11 is 0. The van der Waals surface area contributed by atoms with Crippen LogP contribution >= 0.6 is 0 Å². The van der Waals surface area contributed by atoms with Crippen LogP contribution in [0.2, 0.25) is 0 Å². The molecule has 3 rings (SSSR count). The molecule has 0 bridgehead atoms. The number of nitrogens with one attached hydrogen (secondary N) is 1. The van der Waals surface area contributed by atoms with Crippen molar-refractivity contribution >= 4 is 17.3 Å². The molecule has 6 heteroatoms. The summed E-state index contributed by atoms with van der Waals surface area (Å²) in [5, 5.41) is 2.72. The fourth-order valence-electron chi connectivity index (χ4n) is 3.51. The van der Waals surface area contributed by atoms with Crippen molar-refractivity contribution in [3.63, 3.8) is 0 Å². The molecule has 0 fully saturated rings. The molecule has 0 aromatic heterocycles. The third-order valence-electron chi connectivity index (χ3n) is 4.78. The minimum absolute atomic E-state index is 0.141. The Balaban J connectivity index is 1.91. The Labute approximate surface area is 170 Å². The minimum atomic E-state index is -0.557. The van der Waals surface area contributed by atoms with Crippen LogP contribution in [-0.4, -0.2) is 18.6 Å². The second kappa shape index (κ2) is 8.01. The summed E-state index contributed by atoms with van der Waals surface area (Å²) in [6.45, 7) is 10.6. The number of amides is 1. The van der Waals surface area contributed by atoms with Gasteiger partial charge >= 0.3 is 0 Å². The number of ether oxygens (including phenoxy) is 1. The summed E-state index contributed by atoms with van der Waals surface area (Å²) in [4.78, 5) is 14.4. The quantitative estimate of drug-likeness (QED) is 0.741. The van der Waals surface area contributed by atoms with Crippen LogP contribution in [-0.2, 0) is 11.3 Å². The van der Waals surface area contributed by atoms with E-state index >= 15 is 4.39 Å². The molecule has 1 aliphatic heterocycles. The topological polar surface area (TPSA) is 41.6 Å². The van der Waals surface area contributed by atoms with Crippen molar-refractivity contribution in [2.75, 3.05) is 16.8 Å². The van der Waals surface area contributed by atoms with E-state index in [2.05, 4.69) is 5.32 Å². The third-order valence-corrected chi connectivity index (χ3v) is 4.78. The largest absolute Gasteiger partial charge is 0.484 e. The molecule has 1 atom stereocenters. The zero-order valence-corrected chi connectivity index (χ0v) is 17.6. The van der Waals surface area contributed by atoms with Crippen LogP contribution in [0.15, 0.2) is 30.3 Å². The maximum absolute atomic E-state index is 15.3. The average Bonchev–Trinajstić information content (AvgIpc) is 2.60. The van der Waals surface area contributed by atoms with Crippen molar-refractivity contribution < 1.29 is 18.3 Å². The van der Waals surface area contributed by atoms with Crippen LogP contribution in [0.4, 0.5) is 20.2 Å². The zero-order chi connectivity index (χ0) is 21.3. The van der Waals surface area contributed by atoms with Crippen LogP contribution in [0, 0.1) is 24.0 Å². The molecule has 4 nitrogen and oxygen atoms in total. The lowest BCUT2D eigenvalue weighted by Gasteiger charge is -2.36. The number of anilines is 2. The molecule has 1 aliphatic rings. The molecule has 1 unspecified atom stereocenters. The van der Waals surface area contributed by atoms with Crippen molar-refractivity contribution in [3.05, 3.63) is 53.1 Å². The molecular weight excluding hydrogens is 374 g/mol. The fraction of sp³-hybridized carbons (Fsp3) is 0.435. The van der Waals surface area contributed by atoms with Gasteiger partial charge in [-0.3, -0.25) is 4.79 Å². The Morgan fingerprint density at radius 3 is 2.52 bits per heavy atom. The minimum Gasteiger partial charge on any atom is -0.484 e. The second-order valence-electron chi connectivity index (χ2n) is 8.95.